The number of anilines is 1. The van der Waals surface area contributed by atoms with Crippen molar-refractivity contribution in [2.24, 2.45) is 0 Å². The number of benzene rings is 2. The van der Waals surface area contributed by atoms with Crippen molar-refractivity contribution in [1.29, 1.82) is 0 Å². The zero-order chi connectivity index (χ0) is 22.2. The molecule has 0 radical (unpaired) electrons. The summed E-state index contributed by atoms with van der Waals surface area (Å²) in [7, 11) is -3.89. The Morgan fingerprint density at radius 2 is 1.77 bits per heavy atom. The first-order valence-electron chi connectivity index (χ1n) is 10.3. The topological polar surface area (TPSA) is 100 Å². The lowest BCUT2D eigenvalue weighted by Gasteiger charge is -2.10. The van der Waals surface area contributed by atoms with Gasteiger partial charge in [-0.15, -0.1) is 0 Å². The van der Waals surface area contributed by atoms with Gasteiger partial charge in [0.15, 0.2) is 5.65 Å². The molecular weight excluding hydrogens is 412 g/mol. The van der Waals surface area contributed by atoms with Crippen molar-refractivity contribution < 1.29 is 13.2 Å². The molecule has 2 heterocycles. The Labute approximate surface area is 181 Å². The van der Waals surface area contributed by atoms with Crippen molar-refractivity contribution in [1.82, 2.24) is 14.5 Å². The smallest absolute Gasteiger partial charge is 0.212 e. The maximum atomic E-state index is 13.6. The summed E-state index contributed by atoms with van der Waals surface area (Å²) >= 11 is 0. The van der Waals surface area contributed by atoms with Crippen molar-refractivity contribution in [3.05, 3.63) is 54.1 Å². The molecule has 0 unspecified atom stereocenters. The second kappa shape index (κ2) is 8.28. The largest absolute Gasteiger partial charge is 0.384 e. The number of aryl methyl sites for hydroxylation is 2. The van der Waals surface area contributed by atoms with Crippen LogP contribution in [0.5, 0.6) is 0 Å². The molecule has 31 heavy (non-hydrogen) atoms. The number of hydrogen-bond acceptors (Lipinski definition) is 6. The summed E-state index contributed by atoms with van der Waals surface area (Å²) in [4.78, 5) is 9.57. The van der Waals surface area contributed by atoms with Gasteiger partial charge in [0, 0.05) is 13.2 Å². The third kappa shape index (κ3) is 4.00. The lowest BCUT2D eigenvalue weighted by Crippen LogP contribution is -2.11. The van der Waals surface area contributed by atoms with Crippen LogP contribution in [-0.2, 0) is 21.1 Å². The molecule has 2 aromatic heterocycles. The summed E-state index contributed by atoms with van der Waals surface area (Å²) in [6.07, 6.45) is 0.796. The highest BCUT2D eigenvalue weighted by molar-refractivity contribution is 7.92. The average Bonchev–Trinajstić information content (AvgIpc) is 3.00. The molecule has 4 aromatic rings. The number of ether oxygens (including phenoxy) is 1. The molecule has 2 aromatic carbocycles. The van der Waals surface area contributed by atoms with Gasteiger partial charge < -0.3 is 15.0 Å². The fraction of sp³-hybridized carbons (Fsp3) is 0.304. The Bertz CT molecular complexity index is 1360. The van der Waals surface area contributed by atoms with Crippen LogP contribution in [0.3, 0.4) is 0 Å². The molecule has 0 saturated heterocycles. The molecule has 0 amide bonds. The molecule has 4 rings (SSSR count). The normalized spacial score (nSPS) is 12.3. The van der Waals surface area contributed by atoms with E-state index in [0.29, 0.717) is 41.8 Å². The minimum Gasteiger partial charge on any atom is -0.384 e. The Morgan fingerprint density at radius 3 is 2.45 bits per heavy atom. The van der Waals surface area contributed by atoms with Gasteiger partial charge in [0.25, 0.3) is 0 Å². The minimum absolute atomic E-state index is 0.0103. The molecular formula is C23H26N4O3S. The van der Waals surface area contributed by atoms with Gasteiger partial charge >= 0.3 is 0 Å². The van der Waals surface area contributed by atoms with Crippen LogP contribution in [0, 0.1) is 6.92 Å². The second-order valence-electron chi connectivity index (χ2n) is 7.84. The van der Waals surface area contributed by atoms with E-state index >= 15 is 0 Å². The van der Waals surface area contributed by atoms with Crippen LogP contribution in [0.4, 0.5) is 5.82 Å². The Balaban J connectivity index is 1.91. The first kappa shape index (κ1) is 21.3. The Hall–Kier alpha value is -2.97. The number of sulfone groups is 1. The van der Waals surface area contributed by atoms with Gasteiger partial charge in [-0.05, 0) is 57.0 Å². The van der Waals surface area contributed by atoms with Gasteiger partial charge in [-0.2, -0.15) is 0 Å². The summed E-state index contributed by atoms with van der Waals surface area (Å²) < 4.78 is 34.6. The first-order chi connectivity index (χ1) is 14.8. The third-order valence-electron chi connectivity index (χ3n) is 5.09. The van der Waals surface area contributed by atoms with Crippen LogP contribution in [0.2, 0.25) is 0 Å². The van der Waals surface area contributed by atoms with E-state index in [9.17, 15) is 8.42 Å². The first-order valence-corrected chi connectivity index (χ1v) is 11.7. The molecule has 162 valence electrons. The lowest BCUT2D eigenvalue weighted by atomic mass is 10.2. The summed E-state index contributed by atoms with van der Waals surface area (Å²) in [5, 5.41) is 0. The molecule has 0 spiro atoms. The molecule has 0 aliphatic heterocycles. The molecule has 0 aliphatic carbocycles. The molecule has 2 N–H and O–H groups in total. The highest BCUT2D eigenvalue weighted by Gasteiger charge is 2.30. The zero-order valence-electron chi connectivity index (χ0n) is 17.9. The van der Waals surface area contributed by atoms with E-state index in [-0.39, 0.29) is 21.7 Å². The molecule has 7 nitrogen and oxygen atoms in total. The molecule has 0 saturated carbocycles. The number of hydrogen-bond donors (Lipinski definition) is 1. The van der Waals surface area contributed by atoms with Crippen molar-refractivity contribution in [3.63, 3.8) is 0 Å². The van der Waals surface area contributed by atoms with E-state index in [2.05, 4.69) is 4.98 Å². The minimum atomic E-state index is -3.89. The monoisotopic (exact) mass is 438 g/mol. The van der Waals surface area contributed by atoms with Crippen LogP contribution in [0.25, 0.3) is 22.2 Å². The van der Waals surface area contributed by atoms with Crippen LogP contribution < -0.4 is 5.73 Å². The Morgan fingerprint density at radius 1 is 1.06 bits per heavy atom. The van der Waals surface area contributed by atoms with Crippen LogP contribution in [0.1, 0.15) is 25.8 Å². The fourth-order valence-corrected chi connectivity index (χ4v) is 5.23. The summed E-state index contributed by atoms with van der Waals surface area (Å²) in [5.41, 5.74) is 9.36. The number of nitrogens with two attached hydrogens (primary N) is 1. The number of nitrogens with zero attached hydrogens (tertiary/aromatic N) is 3. The maximum Gasteiger partial charge on any atom is 0.212 e. The summed E-state index contributed by atoms with van der Waals surface area (Å²) in [6.45, 7) is 6.82. The molecule has 8 heteroatoms. The highest BCUT2D eigenvalue weighted by atomic mass is 32.2. The van der Waals surface area contributed by atoms with E-state index in [0.717, 1.165) is 5.56 Å². The van der Waals surface area contributed by atoms with E-state index in [4.69, 9.17) is 15.5 Å². The molecule has 0 fully saturated rings. The number of fused-ring (bicyclic) bond motifs is 2. The van der Waals surface area contributed by atoms with Crippen molar-refractivity contribution >= 4 is 37.9 Å². The van der Waals surface area contributed by atoms with Gasteiger partial charge in [0.2, 0.25) is 9.84 Å². The average molecular weight is 439 g/mol. The lowest BCUT2D eigenvalue weighted by molar-refractivity contribution is 0.0751. The van der Waals surface area contributed by atoms with E-state index in [1.165, 1.54) is 0 Å². The number of aromatic nitrogens is 3. The Kier molecular flexibility index (Phi) is 5.68. The number of rotatable bonds is 7. The van der Waals surface area contributed by atoms with Gasteiger partial charge in [-0.1, -0.05) is 24.3 Å². The van der Waals surface area contributed by atoms with Gasteiger partial charge in [-0.3, -0.25) is 0 Å². The molecule has 0 bridgehead atoms. The van der Waals surface area contributed by atoms with Crippen LogP contribution >= 0.6 is 0 Å². The summed E-state index contributed by atoms with van der Waals surface area (Å²) in [5.74, 6) is 0.149. The van der Waals surface area contributed by atoms with Crippen molar-refractivity contribution in [2.45, 2.75) is 49.6 Å². The van der Waals surface area contributed by atoms with Crippen LogP contribution in [-0.4, -0.2) is 35.7 Å². The molecule has 0 atom stereocenters. The maximum absolute atomic E-state index is 13.6. The predicted molar refractivity (Wildman–Crippen MR) is 122 cm³/mol. The van der Waals surface area contributed by atoms with Gasteiger partial charge in [0.1, 0.15) is 16.2 Å². The predicted octanol–water partition coefficient (Wildman–Crippen LogP) is 4.12. The fourth-order valence-electron chi connectivity index (χ4n) is 3.62. The highest BCUT2D eigenvalue weighted by Crippen LogP contribution is 2.35. The number of nitrogen functional groups attached to an aromatic ring is 1. The van der Waals surface area contributed by atoms with E-state index in [1.807, 2.05) is 51.1 Å². The quantitative estimate of drug-likeness (QED) is 0.436. The van der Waals surface area contributed by atoms with Gasteiger partial charge in [-0.25, -0.2) is 18.4 Å². The van der Waals surface area contributed by atoms with E-state index in [1.54, 1.807) is 22.8 Å². The summed E-state index contributed by atoms with van der Waals surface area (Å²) in [6, 6.07) is 14.2. The van der Waals surface area contributed by atoms with Crippen molar-refractivity contribution in [2.75, 3.05) is 12.3 Å². The zero-order valence-corrected chi connectivity index (χ0v) is 18.7. The van der Waals surface area contributed by atoms with Crippen molar-refractivity contribution in [3.8, 4) is 0 Å². The number of para-hydroxylation sites is 2. The standard InChI is InChI=1S/C23H26N4O3S/c1-15(2)30-13-7-12-27-22(24)21(31(28,29)17-9-6-8-16(3)14-17)20-23(27)26-19-11-5-4-10-18(19)25-20/h4-6,8-11,14-15H,7,12-13,24H2,1-3H3. The second-order valence-corrected chi connectivity index (χ2v) is 9.73. The van der Waals surface area contributed by atoms with E-state index < -0.39 is 9.84 Å². The third-order valence-corrected chi connectivity index (χ3v) is 6.91. The van der Waals surface area contributed by atoms with Crippen LogP contribution in [0.15, 0.2) is 58.3 Å². The van der Waals surface area contributed by atoms with Gasteiger partial charge in [0.05, 0.1) is 22.0 Å². The molecule has 0 aliphatic rings. The SMILES string of the molecule is Cc1cccc(S(=O)(=O)c2c(N)n(CCCOC(C)C)c3nc4ccccc4nc23)c1.